The number of rotatable bonds is 5. The largest absolute Gasteiger partial charge is 0.469 e. The number of carbonyl (C=O) groups is 1. The molecule has 5 heteroatoms. The van der Waals surface area contributed by atoms with Crippen LogP contribution >= 0.6 is 11.6 Å². The van der Waals surface area contributed by atoms with Crippen molar-refractivity contribution in [3.8, 4) is 0 Å². The highest BCUT2D eigenvalue weighted by molar-refractivity contribution is 6.30. The van der Waals surface area contributed by atoms with Gasteiger partial charge in [-0.25, -0.2) is 0 Å². The summed E-state index contributed by atoms with van der Waals surface area (Å²) in [7, 11) is 1.38. The van der Waals surface area contributed by atoms with Gasteiger partial charge in [0.25, 0.3) is 0 Å². The Bertz CT molecular complexity index is 863. The van der Waals surface area contributed by atoms with E-state index in [-0.39, 0.29) is 12.4 Å². The zero-order valence-electron chi connectivity index (χ0n) is 13.3. The lowest BCUT2D eigenvalue weighted by molar-refractivity contribution is -0.139. The number of ether oxygens (including phenoxy) is 1. The molecule has 3 aromatic rings. The number of hydrogen-bond donors (Lipinski definition) is 1. The average molecular weight is 341 g/mol. The van der Waals surface area contributed by atoms with Crippen LogP contribution in [0.25, 0.3) is 10.9 Å². The minimum atomic E-state index is -0.304. The van der Waals surface area contributed by atoms with Crippen molar-refractivity contribution in [2.75, 3.05) is 12.4 Å². The molecule has 1 aromatic heterocycles. The predicted molar refractivity (Wildman–Crippen MR) is 96.2 cm³/mol. The molecule has 0 saturated carbocycles. The number of aromatic nitrogens is 1. The molecule has 0 aliphatic carbocycles. The Labute approximate surface area is 145 Å². The number of anilines is 1. The minimum Gasteiger partial charge on any atom is -0.469 e. The third-order valence-electron chi connectivity index (χ3n) is 3.72. The Morgan fingerprint density at radius 3 is 2.67 bits per heavy atom. The molecule has 2 aromatic carbocycles. The van der Waals surface area contributed by atoms with Crippen LogP contribution in [0.4, 0.5) is 5.69 Å². The summed E-state index contributed by atoms with van der Waals surface area (Å²) >= 11 is 5.92. The molecule has 0 radical (unpaired) electrons. The van der Waals surface area contributed by atoms with E-state index in [0.29, 0.717) is 17.3 Å². The number of halogens is 1. The topological polar surface area (TPSA) is 51.2 Å². The summed E-state index contributed by atoms with van der Waals surface area (Å²) in [6, 6.07) is 17.4. The molecule has 0 unspecified atom stereocenters. The zero-order chi connectivity index (χ0) is 16.9. The van der Waals surface area contributed by atoms with Gasteiger partial charge in [-0.05, 0) is 29.8 Å². The van der Waals surface area contributed by atoms with E-state index < -0.39 is 0 Å². The molecule has 24 heavy (non-hydrogen) atoms. The van der Waals surface area contributed by atoms with E-state index in [9.17, 15) is 4.79 Å². The number of methoxy groups -OCH3 is 1. The molecule has 0 aliphatic heterocycles. The van der Waals surface area contributed by atoms with Gasteiger partial charge in [-0.15, -0.1) is 0 Å². The molecule has 0 spiro atoms. The molecule has 122 valence electrons. The lowest BCUT2D eigenvalue weighted by Gasteiger charge is -2.12. The molecule has 0 amide bonds. The second-order valence-corrected chi connectivity index (χ2v) is 5.85. The maximum absolute atomic E-state index is 11.5. The number of benzene rings is 2. The van der Waals surface area contributed by atoms with Crippen molar-refractivity contribution in [2.24, 2.45) is 0 Å². The Morgan fingerprint density at radius 2 is 1.92 bits per heavy atom. The highest BCUT2D eigenvalue weighted by Gasteiger charge is 2.09. The Morgan fingerprint density at radius 1 is 1.17 bits per heavy atom. The second-order valence-electron chi connectivity index (χ2n) is 5.41. The highest BCUT2D eigenvalue weighted by Crippen LogP contribution is 2.24. The molecule has 0 bridgehead atoms. The van der Waals surface area contributed by atoms with Crippen LogP contribution < -0.4 is 5.32 Å². The van der Waals surface area contributed by atoms with Crippen LogP contribution in [0.5, 0.6) is 0 Å². The first-order valence-corrected chi connectivity index (χ1v) is 7.97. The third-order valence-corrected chi connectivity index (χ3v) is 3.97. The van der Waals surface area contributed by atoms with Crippen LogP contribution in [0.1, 0.15) is 11.3 Å². The first kappa shape index (κ1) is 16.3. The Balaban J connectivity index is 1.89. The van der Waals surface area contributed by atoms with Crippen molar-refractivity contribution < 1.29 is 9.53 Å². The van der Waals surface area contributed by atoms with Gasteiger partial charge in [0, 0.05) is 22.6 Å². The molecular weight excluding hydrogens is 324 g/mol. The first-order valence-electron chi connectivity index (χ1n) is 7.59. The molecule has 0 fully saturated rings. The summed E-state index contributed by atoms with van der Waals surface area (Å²) in [6.07, 6.45) is 0.150. The number of esters is 1. The van der Waals surface area contributed by atoms with Crippen molar-refractivity contribution in [1.82, 2.24) is 4.98 Å². The van der Waals surface area contributed by atoms with Crippen LogP contribution in [0.3, 0.4) is 0 Å². The van der Waals surface area contributed by atoms with Gasteiger partial charge in [0.1, 0.15) is 0 Å². The van der Waals surface area contributed by atoms with Crippen molar-refractivity contribution in [2.45, 2.75) is 13.0 Å². The first-order chi connectivity index (χ1) is 11.7. The average Bonchev–Trinajstić information content (AvgIpc) is 2.61. The van der Waals surface area contributed by atoms with E-state index >= 15 is 0 Å². The highest BCUT2D eigenvalue weighted by atomic mass is 35.5. The monoisotopic (exact) mass is 340 g/mol. The number of para-hydroxylation sites is 1. The molecule has 0 atom stereocenters. The Hall–Kier alpha value is -2.59. The number of pyridine rings is 1. The quantitative estimate of drug-likeness (QED) is 0.707. The zero-order valence-corrected chi connectivity index (χ0v) is 14.0. The summed E-state index contributed by atoms with van der Waals surface area (Å²) in [4.78, 5) is 16.1. The maximum Gasteiger partial charge on any atom is 0.311 e. The summed E-state index contributed by atoms with van der Waals surface area (Å²) in [5, 5.41) is 5.15. The number of hydrogen-bond acceptors (Lipinski definition) is 4. The summed E-state index contributed by atoms with van der Waals surface area (Å²) < 4.78 is 4.73. The number of carbonyl (C=O) groups excluding carboxylic acids is 1. The van der Waals surface area contributed by atoms with E-state index in [1.165, 1.54) is 7.11 Å². The van der Waals surface area contributed by atoms with E-state index in [1.54, 1.807) is 0 Å². The van der Waals surface area contributed by atoms with Crippen LogP contribution in [0.15, 0.2) is 54.6 Å². The van der Waals surface area contributed by atoms with E-state index in [0.717, 1.165) is 22.2 Å². The van der Waals surface area contributed by atoms with E-state index in [1.807, 2.05) is 54.6 Å². The van der Waals surface area contributed by atoms with Crippen LogP contribution in [-0.2, 0) is 22.5 Å². The molecule has 0 aliphatic rings. The van der Waals surface area contributed by atoms with Gasteiger partial charge < -0.3 is 10.1 Å². The van der Waals surface area contributed by atoms with Crippen LogP contribution in [-0.4, -0.2) is 18.1 Å². The maximum atomic E-state index is 11.5. The van der Waals surface area contributed by atoms with Crippen LogP contribution in [0, 0.1) is 0 Å². The van der Waals surface area contributed by atoms with Gasteiger partial charge in [0.05, 0.1) is 24.7 Å². The SMILES string of the molecule is COC(=O)Cc1cc(NCc2ccc(Cl)cc2)c2ccccc2n1. The fourth-order valence-electron chi connectivity index (χ4n) is 2.49. The number of nitrogens with one attached hydrogen (secondary N) is 1. The van der Waals surface area contributed by atoms with Crippen LogP contribution in [0.2, 0.25) is 5.02 Å². The van der Waals surface area contributed by atoms with Crippen molar-refractivity contribution in [3.63, 3.8) is 0 Å². The Kier molecular flexibility index (Phi) is 4.96. The third kappa shape index (κ3) is 3.84. The van der Waals surface area contributed by atoms with E-state index in [4.69, 9.17) is 16.3 Å². The van der Waals surface area contributed by atoms with Gasteiger partial charge in [0.2, 0.25) is 0 Å². The summed E-state index contributed by atoms with van der Waals surface area (Å²) in [6.45, 7) is 0.656. The van der Waals surface area contributed by atoms with Gasteiger partial charge in [-0.2, -0.15) is 0 Å². The minimum absolute atomic E-state index is 0.150. The molecular formula is C19H17ClN2O2. The molecule has 1 heterocycles. The van der Waals surface area contributed by atoms with Crippen molar-refractivity contribution in [1.29, 1.82) is 0 Å². The number of nitrogens with zero attached hydrogens (tertiary/aromatic N) is 1. The summed E-state index contributed by atoms with van der Waals surface area (Å²) in [5.74, 6) is -0.304. The van der Waals surface area contributed by atoms with Crippen molar-refractivity contribution in [3.05, 3.63) is 70.9 Å². The normalized spacial score (nSPS) is 10.6. The summed E-state index contributed by atoms with van der Waals surface area (Å²) in [5.41, 5.74) is 3.58. The standard InChI is InChI=1S/C19H17ClN2O2/c1-24-19(23)11-15-10-18(16-4-2-3-5-17(16)22-15)21-12-13-6-8-14(20)9-7-13/h2-10H,11-12H2,1H3,(H,21,22). The molecule has 3 rings (SSSR count). The second kappa shape index (κ2) is 7.32. The van der Waals surface area contributed by atoms with E-state index in [2.05, 4.69) is 10.3 Å². The van der Waals surface area contributed by atoms with Gasteiger partial charge in [-0.1, -0.05) is 41.9 Å². The lowest BCUT2D eigenvalue weighted by Crippen LogP contribution is -2.08. The predicted octanol–water partition coefficient (Wildman–Crippen LogP) is 4.22. The fourth-order valence-corrected chi connectivity index (χ4v) is 2.61. The van der Waals surface area contributed by atoms with Gasteiger partial charge >= 0.3 is 5.97 Å². The van der Waals surface area contributed by atoms with Crippen molar-refractivity contribution >= 4 is 34.2 Å². The fraction of sp³-hybridized carbons (Fsp3) is 0.158. The smallest absolute Gasteiger partial charge is 0.311 e. The van der Waals surface area contributed by atoms with Gasteiger partial charge in [-0.3, -0.25) is 9.78 Å². The number of fused-ring (bicyclic) bond motifs is 1. The molecule has 0 saturated heterocycles. The molecule has 4 nitrogen and oxygen atoms in total. The van der Waals surface area contributed by atoms with Gasteiger partial charge in [0.15, 0.2) is 0 Å². The molecule has 1 N–H and O–H groups in total. The lowest BCUT2D eigenvalue weighted by atomic mass is 10.1.